The third kappa shape index (κ3) is 1.39. The molecule has 0 saturated carbocycles. The van der Waals surface area contributed by atoms with Crippen molar-refractivity contribution in [2.24, 2.45) is 5.41 Å². The first-order valence-electron chi connectivity index (χ1n) is 4.31. The number of hydrogen-bond donors (Lipinski definition) is 0. The summed E-state index contributed by atoms with van der Waals surface area (Å²) < 4.78 is 1.73. The minimum absolute atomic E-state index is 0.115. The van der Waals surface area contributed by atoms with E-state index in [0.29, 0.717) is 0 Å². The number of tetrazole rings is 1. The van der Waals surface area contributed by atoms with Crippen LogP contribution in [0.2, 0.25) is 0 Å². The predicted octanol–water partition coefficient (Wildman–Crippen LogP) is 1.50. The predicted molar refractivity (Wildman–Crippen MR) is 49.6 cm³/mol. The van der Waals surface area contributed by atoms with Crippen molar-refractivity contribution in [1.29, 1.82) is 0 Å². The van der Waals surface area contributed by atoms with Gasteiger partial charge in [-0.15, -0.1) is 5.10 Å². The Morgan fingerprint density at radius 2 is 2.31 bits per heavy atom. The second-order valence-electron chi connectivity index (χ2n) is 3.82. The van der Waals surface area contributed by atoms with Crippen LogP contribution in [-0.2, 0) is 0 Å². The van der Waals surface area contributed by atoms with Crippen LogP contribution in [0.5, 0.6) is 0 Å². The zero-order chi connectivity index (χ0) is 9.31. The molecule has 0 unspecified atom stereocenters. The van der Waals surface area contributed by atoms with Crippen LogP contribution in [-0.4, -0.2) is 20.2 Å². The second kappa shape index (κ2) is 2.80. The molecule has 0 N–H and O–H groups in total. The normalized spacial score (nSPS) is 20.0. The summed E-state index contributed by atoms with van der Waals surface area (Å²) in [5.41, 5.74) is 1.25. The van der Waals surface area contributed by atoms with Gasteiger partial charge in [0.1, 0.15) is 6.33 Å². The molecule has 0 spiro atoms. The van der Waals surface area contributed by atoms with Crippen LogP contribution in [0, 0.1) is 5.41 Å². The lowest BCUT2D eigenvalue weighted by atomic mass is 9.82. The van der Waals surface area contributed by atoms with Gasteiger partial charge in [0.15, 0.2) is 0 Å². The monoisotopic (exact) mass is 176 g/mol. The average molecular weight is 176 g/mol. The summed E-state index contributed by atoms with van der Waals surface area (Å²) in [5.74, 6) is 0. The lowest BCUT2D eigenvalue weighted by Gasteiger charge is -2.27. The molecule has 0 amide bonds. The van der Waals surface area contributed by atoms with Crippen LogP contribution in [0.25, 0.3) is 5.70 Å². The second-order valence-corrected chi connectivity index (χ2v) is 3.82. The summed E-state index contributed by atoms with van der Waals surface area (Å²) in [7, 11) is 0. The number of aromatic nitrogens is 4. The molecule has 1 aliphatic carbocycles. The third-order valence-electron chi connectivity index (χ3n) is 2.31. The Morgan fingerprint density at radius 3 is 2.92 bits per heavy atom. The van der Waals surface area contributed by atoms with E-state index in [1.54, 1.807) is 11.0 Å². The van der Waals surface area contributed by atoms with Gasteiger partial charge in [-0.1, -0.05) is 26.0 Å². The molecule has 0 aliphatic heterocycles. The Hall–Kier alpha value is -1.45. The number of nitrogens with zero attached hydrogens (tertiary/aromatic N) is 4. The van der Waals surface area contributed by atoms with Crippen molar-refractivity contribution >= 4 is 5.70 Å². The maximum Gasteiger partial charge on any atom is 0.143 e. The van der Waals surface area contributed by atoms with E-state index < -0.39 is 0 Å². The quantitative estimate of drug-likeness (QED) is 0.651. The number of allylic oxidation sites excluding steroid dienone is 4. The molecule has 1 aromatic rings. The van der Waals surface area contributed by atoms with E-state index in [1.807, 2.05) is 6.08 Å². The zero-order valence-corrected chi connectivity index (χ0v) is 7.81. The van der Waals surface area contributed by atoms with E-state index >= 15 is 0 Å². The smallest absolute Gasteiger partial charge is 0.143 e. The van der Waals surface area contributed by atoms with Crippen molar-refractivity contribution in [2.45, 2.75) is 20.3 Å². The fraction of sp³-hybridized carbons (Fsp3) is 0.444. The first-order chi connectivity index (χ1) is 6.20. The topological polar surface area (TPSA) is 43.6 Å². The highest BCUT2D eigenvalue weighted by Crippen LogP contribution is 2.35. The minimum Gasteiger partial charge on any atom is -0.204 e. The molecular weight excluding hydrogens is 164 g/mol. The van der Waals surface area contributed by atoms with Gasteiger partial charge in [-0.3, -0.25) is 0 Å². The summed E-state index contributed by atoms with van der Waals surface area (Å²) in [4.78, 5) is 0. The Balaban J connectivity index is 2.42. The minimum atomic E-state index is 0.115. The maximum absolute atomic E-state index is 3.89. The van der Waals surface area contributed by atoms with Gasteiger partial charge >= 0.3 is 0 Å². The lowest BCUT2D eigenvalue weighted by molar-refractivity contribution is 0.471. The summed E-state index contributed by atoms with van der Waals surface area (Å²) in [6, 6.07) is 0. The number of hydrogen-bond acceptors (Lipinski definition) is 3. The molecule has 68 valence electrons. The van der Waals surface area contributed by atoms with E-state index in [4.69, 9.17) is 0 Å². The van der Waals surface area contributed by atoms with Crippen molar-refractivity contribution in [3.05, 3.63) is 24.6 Å². The highest BCUT2D eigenvalue weighted by atomic mass is 15.5. The van der Waals surface area contributed by atoms with Crippen LogP contribution in [0.1, 0.15) is 20.3 Å². The first-order valence-corrected chi connectivity index (χ1v) is 4.31. The summed E-state index contributed by atoms with van der Waals surface area (Å²) >= 11 is 0. The van der Waals surface area contributed by atoms with E-state index in [-0.39, 0.29) is 5.41 Å². The molecule has 0 aromatic carbocycles. The Kier molecular flexibility index (Phi) is 1.76. The van der Waals surface area contributed by atoms with Crippen LogP contribution in [0.4, 0.5) is 0 Å². The highest BCUT2D eigenvalue weighted by molar-refractivity contribution is 5.54. The molecule has 0 atom stereocenters. The van der Waals surface area contributed by atoms with E-state index in [0.717, 1.165) is 12.1 Å². The molecule has 13 heavy (non-hydrogen) atoms. The van der Waals surface area contributed by atoms with Crippen LogP contribution < -0.4 is 0 Å². The summed E-state index contributed by atoms with van der Waals surface area (Å²) in [5, 5.41) is 11.1. The Bertz CT molecular complexity index is 346. The van der Waals surface area contributed by atoms with Gasteiger partial charge in [0, 0.05) is 5.41 Å². The lowest BCUT2D eigenvalue weighted by Crippen LogP contribution is -2.19. The molecule has 2 rings (SSSR count). The molecule has 1 aromatic heterocycles. The van der Waals surface area contributed by atoms with E-state index in [9.17, 15) is 0 Å². The van der Waals surface area contributed by atoms with Crippen LogP contribution in [0.15, 0.2) is 24.6 Å². The van der Waals surface area contributed by atoms with Gasteiger partial charge in [-0.05, 0) is 22.9 Å². The molecular formula is C9H12N4. The molecule has 4 nitrogen and oxygen atoms in total. The average Bonchev–Trinajstić information content (AvgIpc) is 2.55. The molecule has 4 heteroatoms. The molecule has 0 bridgehead atoms. The van der Waals surface area contributed by atoms with E-state index in [2.05, 4.69) is 41.5 Å². The van der Waals surface area contributed by atoms with Crippen LogP contribution in [0.3, 0.4) is 0 Å². The third-order valence-corrected chi connectivity index (χ3v) is 2.31. The summed E-state index contributed by atoms with van der Waals surface area (Å²) in [6.45, 7) is 4.37. The van der Waals surface area contributed by atoms with Crippen molar-refractivity contribution in [1.82, 2.24) is 20.2 Å². The molecule has 1 heterocycles. The molecule has 1 aliphatic rings. The fourth-order valence-electron chi connectivity index (χ4n) is 1.51. The van der Waals surface area contributed by atoms with Crippen molar-refractivity contribution in [3.8, 4) is 0 Å². The highest BCUT2D eigenvalue weighted by Gasteiger charge is 2.25. The van der Waals surface area contributed by atoms with Crippen LogP contribution >= 0.6 is 0 Å². The summed E-state index contributed by atoms with van der Waals surface area (Å²) in [6.07, 6.45) is 8.92. The number of rotatable bonds is 1. The Labute approximate surface area is 76.9 Å². The van der Waals surface area contributed by atoms with Crippen molar-refractivity contribution < 1.29 is 0 Å². The van der Waals surface area contributed by atoms with Crippen molar-refractivity contribution in [2.75, 3.05) is 0 Å². The van der Waals surface area contributed by atoms with Gasteiger partial charge in [0.05, 0.1) is 5.70 Å². The fourth-order valence-corrected chi connectivity index (χ4v) is 1.51. The standard InChI is InChI=1S/C9H12N4/c1-9(2)6-4-3-5-8(9)13-7-10-11-12-13/h3-5,7H,6H2,1-2H3. The largest absolute Gasteiger partial charge is 0.204 e. The molecule has 0 fully saturated rings. The molecule has 0 saturated heterocycles. The van der Waals surface area contributed by atoms with Gasteiger partial charge < -0.3 is 0 Å². The first kappa shape index (κ1) is 8.16. The maximum atomic E-state index is 3.89. The van der Waals surface area contributed by atoms with E-state index in [1.165, 1.54) is 0 Å². The van der Waals surface area contributed by atoms with Gasteiger partial charge in [0.25, 0.3) is 0 Å². The molecule has 0 radical (unpaired) electrons. The van der Waals surface area contributed by atoms with Crippen molar-refractivity contribution in [3.63, 3.8) is 0 Å². The van der Waals surface area contributed by atoms with Gasteiger partial charge in [-0.2, -0.15) is 0 Å². The Morgan fingerprint density at radius 1 is 1.46 bits per heavy atom. The van der Waals surface area contributed by atoms with Gasteiger partial charge in [-0.25, -0.2) is 4.68 Å². The van der Waals surface area contributed by atoms with Gasteiger partial charge in [0.2, 0.25) is 0 Å². The SMILES string of the molecule is CC1(C)CC=CC=C1n1cnnn1. The zero-order valence-electron chi connectivity index (χ0n) is 7.81.